The smallest absolute Gasteiger partial charge is 0.109 e. The van der Waals surface area contributed by atoms with E-state index < -0.39 is 0 Å². The molecule has 0 bridgehead atoms. The second-order valence-electron chi connectivity index (χ2n) is 4.90. The maximum absolute atomic E-state index is 4.80. The molecule has 0 radical (unpaired) electrons. The molecule has 20 heavy (non-hydrogen) atoms. The Labute approximate surface area is 120 Å². The van der Waals surface area contributed by atoms with Gasteiger partial charge in [-0.05, 0) is 17.7 Å². The minimum absolute atomic E-state index is 0.912. The van der Waals surface area contributed by atoms with Gasteiger partial charge in [-0.2, -0.15) is 0 Å². The molecule has 2 aromatic carbocycles. The topological polar surface area (TPSA) is 15.6 Å². The van der Waals surface area contributed by atoms with Crippen LogP contribution in [-0.4, -0.2) is 17.8 Å². The molecule has 0 aliphatic carbocycles. The van der Waals surface area contributed by atoms with E-state index in [1.165, 1.54) is 16.8 Å². The highest BCUT2D eigenvalue weighted by Crippen LogP contribution is 2.31. The lowest BCUT2D eigenvalue weighted by Gasteiger charge is -2.22. The van der Waals surface area contributed by atoms with Crippen LogP contribution >= 0.6 is 0 Å². The largest absolute Gasteiger partial charge is 0.332 e. The second kappa shape index (κ2) is 5.33. The molecule has 0 amide bonds. The Bertz CT molecular complexity index is 669. The maximum atomic E-state index is 4.80. The average molecular weight is 262 g/mol. The van der Waals surface area contributed by atoms with Gasteiger partial charge in [0.05, 0.1) is 5.69 Å². The highest BCUT2D eigenvalue weighted by atomic mass is 15.2. The Kier molecular flexibility index (Phi) is 3.38. The fourth-order valence-corrected chi connectivity index (χ4v) is 2.51. The normalized spacial score (nSPS) is 14.2. The van der Waals surface area contributed by atoms with Crippen LogP contribution < -0.4 is 0 Å². The zero-order valence-electron chi connectivity index (χ0n) is 11.9. The summed E-state index contributed by atoms with van der Waals surface area (Å²) >= 11 is 0. The highest BCUT2D eigenvalue weighted by Gasteiger charge is 2.16. The second-order valence-corrected chi connectivity index (χ2v) is 4.90. The van der Waals surface area contributed by atoms with E-state index in [0.717, 1.165) is 17.9 Å². The van der Waals surface area contributed by atoms with Gasteiger partial charge in [-0.25, -0.2) is 4.99 Å². The minimum atomic E-state index is 0.912. The molecule has 1 heterocycles. The number of para-hydroxylation sites is 1. The van der Waals surface area contributed by atoms with Crippen molar-refractivity contribution in [3.05, 3.63) is 65.7 Å². The van der Waals surface area contributed by atoms with Gasteiger partial charge < -0.3 is 4.90 Å². The Morgan fingerprint density at radius 1 is 0.950 bits per heavy atom. The summed E-state index contributed by atoms with van der Waals surface area (Å²) in [5.41, 5.74) is 4.62. The van der Waals surface area contributed by atoms with Gasteiger partial charge >= 0.3 is 0 Å². The number of nitrogens with zero attached hydrogens (tertiary/aromatic N) is 2. The predicted octanol–water partition coefficient (Wildman–Crippen LogP) is 4.57. The van der Waals surface area contributed by atoms with Crippen LogP contribution in [0.1, 0.15) is 24.5 Å². The molecule has 0 saturated heterocycles. The summed E-state index contributed by atoms with van der Waals surface area (Å²) in [7, 11) is 2.09. The first-order valence-corrected chi connectivity index (χ1v) is 6.97. The molecule has 100 valence electrons. The van der Waals surface area contributed by atoms with Crippen molar-refractivity contribution in [3.63, 3.8) is 0 Å². The average Bonchev–Trinajstić information content (AvgIpc) is 2.65. The summed E-state index contributed by atoms with van der Waals surface area (Å²) in [5.74, 6) is 1.09. The molecule has 1 aliphatic heterocycles. The Balaban J connectivity index is 2.19. The van der Waals surface area contributed by atoms with E-state index in [1.807, 2.05) is 12.1 Å². The summed E-state index contributed by atoms with van der Waals surface area (Å²) in [6.07, 6.45) is 3.13. The van der Waals surface area contributed by atoms with Crippen molar-refractivity contribution in [1.82, 2.24) is 4.90 Å². The molecule has 0 aromatic heterocycles. The van der Waals surface area contributed by atoms with Gasteiger partial charge in [0.15, 0.2) is 0 Å². The third-order valence-corrected chi connectivity index (χ3v) is 3.61. The van der Waals surface area contributed by atoms with Crippen LogP contribution in [0.2, 0.25) is 0 Å². The molecule has 0 spiro atoms. The number of benzene rings is 2. The van der Waals surface area contributed by atoms with Crippen molar-refractivity contribution in [1.29, 1.82) is 0 Å². The standard InChI is InChI=1S/C18H18N2/c1-3-18-19-16-12-8-7-11-15(16)13-17(20(18)2)14-9-5-4-6-10-14/h4-13H,3H2,1-2H3. The quantitative estimate of drug-likeness (QED) is 0.774. The number of hydrogen-bond donors (Lipinski definition) is 0. The van der Waals surface area contributed by atoms with E-state index in [4.69, 9.17) is 4.99 Å². The van der Waals surface area contributed by atoms with E-state index in [9.17, 15) is 0 Å². The molecule has 0 saturated carbocycles. The zero-order valence-corrected chi connectivity index (χ0v) is 11.9. The van der Waals surface area contributed by atoms with Crippen LogP contribution in [0.25, 0.3) is 11.8 Å². The molecule has 1 aliphatic rings. The van der Waals surface area contributed by atoms with Gasteiger partial charge in [-0.3, -0.25) is 0 Å². The van der Waals surface area contributed by atoms with Crippen LogP contribution in [0.3, 0.4) is 0 Å². The molecule has 2 nitrogen and oxygen atoms in total. The number of fused-ring (bicyclic) bond motifs is 1. The van der Waals surface area contributed by atoms with Crippen LogP contribution in [0.5, 0.6) is 0 Å². The van der Waals surface area contributed by atoms with Gasteiger partial charge in [0.2, 0.25) is 0 Å². The Hall–Kier alpha value is -2.35. The van der Waals surface area contributed by atoms with Crippen molar-refractivity contribution in [2.24, 2.45) is 4.99 Å². The first-order chi connectivity index (χ1) is 9.79. The molecule has 0 unspecified atom stereocenters. The summed E-state index contributed by atoms with van der Waals surface area (Å²) in [6, 6.07) is 18.8. The fourth-order valence-electron chi connectivity index (χ4n) is 2.51. The van der Waals surface area contributed by atoms with Crippen LogP contribution in [0.4, 0.5) is 5.69 Å². The molecule has 0 atom stereocenters. The lowest BCUT2D eigenvalue weighted by molar-refractivity contribution is 0.703. The molecule has 3 rings (SSSR count). The summed E-state index contributed by atoms with van der Waals surface area (Å²) in [5, 5.41) is 0. The van der Waals surface area contributed by atoms with Crippen molar-refractivity contribution in [3.8, 4) is 0 Å². The molecule has 0 N–H and O–H groups in total. The lowest BCUT2D eigenvalue weighted by Crippen LogP contribution is -2.23. The Morgan fingerprint density at radius 3 is 2.40 bits per heavy atom. The zero-order chi connectivity index (χ0) is 13.9. The first-order valence-electron chi connectivity index (χ1n) is 6.97. The molecule has 0 fully saturated rings. The lowest BCUT2D eigenvalue weighted by atomic mass is 10.1. The highest BCUT2D eigenvalue weighted by molar-refractivity contribution is 5.99. The van der Waals surface area contributed by atoms with E-state index in [-0.39, 0.29) is 0 Å². The Morgan fingerprint density at radius 2 is 1.65 bits per heavy atom. The maximum Gasteiger partial charge on any atom is 0.109 e. The molecular formula is C18H18N2. The fraction of sp³-hybridized carbons (Fsp3) is 0.167. The number of amidine groups is 1. The van der Waals surface area contributed by atoms with Gasteiger partial charge in [-0.15, -0.1) is 0 Å². The summed E-state index contributed by atoms with van der Waals surface area (Å²) < 4.78 is 0. The summed E-state index contributed by atoms with van der Waals surface area (Å²) in [6.45, 7) is 2.14. The third kappa shape index (κ3) is 2.25. The van der Waals surface area contributed by atoms with E-state index in [2.05, 4.69) is 67.4 Å². The van der Waals surface area contributed by atoms with Gasteiger partial charge in [0, 0.05) is 24.7 Å². The first kappa shape index (κ1) is 12.7. The van der Waals surface area contributed by atoms with Gasteiger partial charge in [0.25, 0.3) is 0 Å². The number of aliphatic imine (C=N–C) groups is 1. The SMILES string of the molecule is CCC1=Nc2ccccc2C=C(c2ccccc2)N1C. The minimum Gasteiger partial charge on any atom is -0.332 e. The van der Waals surface area contributed by atoms with E-state index in [1.54, 1.807) is 0 Å². The van der Waals surface area contributed by atoms with E-state index in [0.29, 0.717) is 0 Å². The number of hydrogen-bond acceptors (Lipinski definition) is 2. The van der Waals surface area contributed by atoms with Gasteiger partial charge in [-0.1, -0.05) is 55.5 Å². The summed E-state index contributed by atoms with van der Waals surface area (Å²) in [4.78, 5) is 6.99. The number of rotatable bonds is 2. The predicted molar refractivity (Wildman–Crippen MR) is 85.9 cm³/mol. The van der Waals surface area contributed by atoms with Crippen molar-refractivity contribution in [2.45, 2.75) is 13.3 Å². The third-order valence-electron chi connectivity index (χ3n) is 3.61. The molecule has 2 aromatic rings. The molecular weight excluding hydrogens is 244 g/mol. The molecule has 2 heteroatoms. The monoisotopic (exact) mass is 262 g/mol. The van der Waals surface area contributed by atoms with Crippen molar-refractivity contribution in [2.75, 3.05) is 7.05 Å². The van der Waals surface area contributed by atoms with Crippen LogP contribution in [0.15, 0.2) is 59.6 Å². The van der Waals surface area contributed by atoms with Crippen molar-refractivity contribution < 1.29 is 0 Å². The van der Waals surface area contributed by atoms with Crippen LogP contribution in [0, 0.1) is 0 Å². The van der Waals surface area contributed by atoms with E-state index >= 15 is 0 Å². The van der Waals surface area contributed by atoms with Crippen molar-refractivity contribution >= 4 is 23.3 Å². The van der Waals surface area contributed by atoms with Gasteiger partial charge in [0.1, 0.15) is 5.84 Å². The van der Waals surface area contributed by atoms with Crippen LogP contribution in [-0.2, 0) is 0 Å².